The number of nitrogens with one attached hydrogen (secondary N) is 1. The highest BCUT2D eigenvalue weighted by Crippen LogP contribution is 2.31. The number of ether oxygens (including phenoxy) is 1. The molecule has 1 rings (SSSR count). The number of hydrogen-bond acceptors (Lipinski definition) is 3. The largest absolute Gasteiger partial charge is 0.496 e. The molecule has 100 valence electrons. The van der Waals surface area contributed by atoms with Gasteiger partial charge in [0.2, 0.25) is 5.91 Å². The fraction of sp³-hybridized carbons (Fsp3) is 0.462. The van der Waals surface area contributed by atoms with Crippen molar-refractivity contribution < 1.29 is 9.53 Å². The third-order valence-corrected chi connectivity index (χ3v) is 3.38. The Morgan fingerprint density at radius 1 is 1.50 bits per heavy atom. The van der Waals surface area contributed by atoms with Crippen LogP contribution in [0.1, 0.15) is 16.7 Å². The summed E-state index contributed by atoms with van der Waals surface area (Å²) < 4.78 is 5.30. The highest BCUT2D eigenvalue weighted by atomic mass is 35.5. The molecule has 0 aliphatic carbocycles. The zero-order valence-electron chi connectivity index (χ0n) is 11.0. The lowest BCUT2D eigenvalue weighted by molar-refractivity contribution is -0.120. The predicted molar refractivity (Wildman–Crippen MR) is 73.2 cm³/mol. The van der Waals surface area contributed by atoms with E-state index < -0.39 is 0 Å². The highest BCUT2D eigenvalue weighted by molar-refractivity contribution is 6.32. The lowest BCUT2D eigenvalue weighted by Crippen LogP contribution is -2.30. The zero-order chi connectivity index (χ0) is 13.7. The summed E-state index contributed by atoms with van der Waals surface area (Å²) in [7, 11) is 1.59. The van der Waals surface area contributed by atoms with Crippen LogP contribution in [0.5, 0.6) is 5.75 Å². The molecule has 0 atom stereocenters. The first-order valence-corrected chi connectivity index (χ1v) is 6.18. The monoisotopic (exact) mass is 270 g/mol. The van der Waals surface area contributed by atoms with E-state index in [2.05, 4.69) is 5.32 Å². The van der Waals surface area contributed by atoms with Crippen LogP contribution in [-0.2, 0) is 11.2 Å². The van der Waals surface area contributed by atoms with Gasteiger partial charge in [-0.1, -0.05) is 11.6 Å². The highest BCUT2D eigenvalue weighted by Gasteiger charge is 2.15. The molecule has 3 N–H and O–H groups in total. The summed E-state index contributed by atoms with van der Waals surface area (Å²) in [5.41, 5.74) is 7.99. The maximum absolute atomic E-state index is 11.7. The van der Waals surface area contributed by atoms with E-state index in [9.17, 15) is 4.79 Å². The van der Waals surface area contributed by atoms with Gasteiger partial charge in [-0.3, -0.25) is 4.79 Å². The normalized spacial score (nSPS) is 10.3. The summed E-state index contributed by atoms with van der Waals surface area (Å²) >= 11 is 6.19. The van der Waals surface area contributed by atoms with Crippen molar-refractivity contribution in [2.24, 2.45) is 5.73 Å². The number of methoxy groups -OCH3 is 1. The summed E-state index contributed by atoms with van der Waals surface area (Å²) in [5.74, 6) is 0.610. The molecule has 1 aromatic rings. The maximum atomic E-state index is 11.7. The van der Waals surface area contributed by atoms with Gasteiger partial charge in [0.15, 0.2) is 0 Å². The fourth-order valence-corrected chi connectivity index (χ4v) is 1.97. The van der Waals surface area contributed by atoms with Crippen LogP contribution in [0.4, 0.5) is 0 Å². The van der Waals surface area contributed by atoms with Gasteiger partial charge < -0.3 is 15.8 Å². The summed E-state index contributed by atoms with van der Waals surface area (Å²) in [6, 6.07) is 1.85. The average Bonchev–Trinajstić information content (AvgIpc) is 2.36. The topological polar surface area (TPSA) is 64.3 Å². The molecule has 0 aliphatic heterocycles. The van der Waals surface area contributed by atoms with E-state index in [1.807, 2.05) is 19.9 Å². The standard InChI is InChI=1S/C13H19ClN2O2/c1-8-6-11(18-3)10(9(2)13(8)14)7-12(17)16-5-4-15/h6H,4-5,7,15H2,1-3H3,(H,16,17). The van der Waals surface area contributed by atoms with Crippen molar-refractivity contribution in [2.75, 3.05) is 20.2 Å². The van der Waals surface area contributed by atoms with E-state index in [1.165, 1.54) is 0 Å². The van der Waals surface area contributed by atoms with Crippen LogP contribution in [0.2, 0.25) is 5.02 Å². The van der Waals surface area contributed by atoms with E-state index in [1.54, 1.807) is 7.11 Å². The molecule has 18 heavy (non-hydrogen) atoms. The maximum Gasteiger partial charge on any atom is 0.224 e. The second kappa shape index (κ2) is 6.61. The number of carbonyl (C=O) groups excluding carboxylic acids is 1. The van der Waals surface area contributed by atoms with Crippen LogP contribution in [0, 0.1) is 13.8 Å². The predicted octanol–water partition coefficient (Wildman–Crippen LogP) is 1.58. The Bertz CT molecular complexity index is 447. The van der Waals surface area contributed by atoms with Gasteiger partial charge >= 0.3 is 0 Å². The summed E-state index contributed by atoms with van der Waals surface area (Å²) in [4.78, 5) is 11.7. The van der Waals surface area contributed by atoms with Gasteiger partial charge in [-0.05, 0) is 31.0 Å². The SMILES string of the molecule is COc1cc(C)c(Cl)c(C)c1CC(=O)NCCN. The first kappa shape index (κ1) is 14.8. The van der Waals surface area contributed by atoms with Gasteiger partial charge in [0.05, 0.1) is 13.5 Å². The van der Waals surface area contributed by atoms with E-state index in [0.29, 0.717) is 23.9 Å². The number of amides is 1. The Morgan fingerprint density at radius 2 is 2.17 bits per heavy atom. The van der Waals surface area contributed by atoms with Crippen molar-refractivity contribution in [3.63, 3.8) is 0 Å². The third-order valence-electron chi connectivity index (χ3n) is 2.80. The van der Waals surface area contributed by atoms with Gasteiger partial charge in [0.25, 0.3) is 0 Å². The van der Waals surface area contributed by atoms with Crippen molar-refractivity contribution in [3.8, 4) is 5.75 Å². The third kappa shape index (κ3) is 3.37. The Hall–Kier alpha value is -1.26. The number of rotatable bonds is 5. The lowest BCUT2D eigenvalue weighted by atomic mass is 10.0. The molecule has 0 saturated carbocycles. The lowest BCUT2D eigenvalue weighted by Gasteiger charge is -2.15. The molecule has 0 spiro atoms. The molecule has 0 bridgehead atoms. The summed E-state index contributed by atoms with van der Waals surface area (Å²) in [6.45, 7) is 4.70. The Balaban J connectivity index is 3.00. The van der Waals surface area contributed by atoms with Crippen LogP contribution in [-0.4, -0.2) is 26.1 Å². The molecule has 0 aromatic heterocycles. The number of carbonyl (C=O) groups is 1. The Morgan fingerprint density at radius 3 is 2.72 bits per heavy atom. The van der Waals surface area contributed by atoms with E-state index >= 15 is 0 Å². The van der Waals surface area contributed by atoms with Crippen molar-refractivity contribution in [1.82, 2.24) is 5.32 Å². The first-order chi connectivity index (χ1) is 8.51. The molecule has 0 aliphatic rings. The van der Waals surface area contributed by atoms with E-state index in [4.69, 9.17) is 22.1 Å². The number of halogens is 1. The van der Waals surface area contributed by atoms with Crippen molar-refractivity contribution in [2.45, 2.75) is 20.3 Å². The van der Waals surface area contributed by atoms with E-state index in [0.717, 1.165) is 16.7 Å². The summed E-state index contributed by atoms with van der Waals surface area (Å²) in [5, 5.41) is 3.41. The average molecular weight is 271 g/mol. The number of hydrogen-bond donors (Lipinski definition) is 2. The van der Waals surface area contributed by atoms with Gasteiger partial charge in [0, 0.05) is 23.7 Å². The molecule has 1 aromatic carbocycles. The van der Waals surface area contributed by atoms with Crippen LogP contribution in [0.25, 0.3) is 0 Å². The van der Waals surface area contributed by atoms with Gasteiger partial charge in [-0.2, -0.15) is 0 Å². The minimum atomic E-state index is -0.0817. The molecule has 0 heterocycles. The zero-order valence-corrected chi connectivity index (χ0v) is 11.7. The second-order valence-corrected chi connectivity index (χ2v) is 4.51. The van der Waals surface area contributed by atoms with Crippen molar-refractivity contribution >= 4 is 17.5 Å². The fourth-order valence-electron chi connectivity index (χ4n) is 1.80. The molecule has 5 heteroatoms. The number of benzene rings is 1. The molecule has 0 radical (unpaired) electrons. The number of aryl methyl sites for hydroxylation is 1. The molecule has 0 fully saturated rings. The van der Waals surface area contributed by atoms with Crippen LogP contribution < -0.4 is 15.8 Å². The minimum Gasteiger partial charge on any atom is -0.496 e. The van der Waals surface area contributed by atoms with E-state index in [-0.39, 0.29) is 12.3 Å². The van der Waals surface area contributed by atoms with Gasteiger partial charge in [-0.25, -0.2) is 0 Å². The van der Waals surface area contributed by atoms with Crippen LogP contribution in [0.3, 0.4) is 0 Å². The molecule has 1 amide bonds. The van der Waals surface area contributed by atoms with Gasteiger partial charge in [-0.15, -0.1) is 0 Å². The smallest absolute Gasteiger partial charge is 0.224 e. The Labute approximate surface area is 112 Å². The Kier molecular flexibility index (Phi) is 5.44. The van der Waals surface area contributed by atoms with Crippen LogP contribution >= 0.6 is 11.6 Å². The minimum absolute atomic E-state index is 0.0817. The quantitative estimate of drug-likeness (QED) is 0.854. The molecular formula is C13H19ClN2O2. The molecular weight excluding hydrogens is 252 g/mol. The van der Waals surface area contributed by atoms with Crippen molar-refractivity contribution in [3.05, 3.63) is 27.8 Å². The number of nitrogens with two attached hydrogens (primary N) is 1. The molecule has 0 unspecified atom stereocenters. The van der Waals surface area contributed by atoms with Crippen LogP contribution in [0.15, 0.2) is 6.07 Å². The summed E-state index contributed by atoms with van der Waals surface area (Å²) in [6.07, 6.45) is 0.245. The second-order valence-electron chi connectivity index (χ2n) is 4.13. The molecule has 0 saturated heterocycles. The van der Waals surface area contributed by atoms with Gasteiger partial charge in [0.1, 0.15) is 5.75 Å². The van der Waals surface area contributed by atoms with Crippen molar-refractivity contribution in [1.29, 1.82) is 0 Å². The molecule has 4 nitrogen and oxygen atoms in total. The first-order valence-electron chi connectivity index (χ1n) is 5.80.